The second-order valence-corrected chi connectivity index (χ2v) is 5.93. The van der Waals surface area contributed by atoms with Gasteiger partial charge in [0.25, 0.3) is 0 Å². The molecule has 1 aromatic carbocycles. The van der Waals surface area contributed by atoms with Crippen LogP contribution in [0.25, 0.3) is 0 Å². The minimum atomic E-state index is -0.313. The van der Waals surface area contributed by atoms with Crippen LogP contribution in [0.1, 0.15) is 27.7 Å². The van der Waals surface area contributed by atoms with Crippen molar-refractivity contribution >= 4 is 5.96 Å². The summed E-state index contributed by atoms with van der Waals surface area (Å²) in [6.45, 7) is 9.74. The number of aliphatic imine (C=N–C) groups is 1. The van der Waals surface area contributed by atoms with E-state index in [1.807, 2.05) is 27.7 Å². The van der Waals surface area contributed by atoms with Gasteiger partial charge in [0.05, 0.1) is 18.7 Å². The zero-order valence-electron chi connectivity index (χ0n) is 14.6. The van der Waals surface area contributed by atoms with E-state index in [-0.39, 0.29) is 17.5 Å². The van der Waals surface area contributed by atoms with E-state index < -0.39 is 0 Å². The molecule has 0 saturated carbocycles. The van der Waals surface area contributed by atoms with Crippen molar-refractivity contribution in [2.75, 3.05) is 26.7 Å². The van der Waals surface area contributed by atoms with Crippen LogP contribution in [0, 0.1) is 5.82 Å². The van der Waals surface area contributed by atoms with Crippen LogP contribution in [0.2, 0.25) is 0 Å². The van der Waals surface area contributed by atoms with E-state index in [1.165, 1.54) is 12.1 Å². The quantitative estimate of drug-likeness (QED) is 0.570. The van der Waals surface area contributed by atoms with Gasteiger partial charge in [0, 0.05) is 19.7 Å². The van der Waals surface area contributed by atoms with Gasteiger partial charge in [-0.25, -0.2) is 4.39 Å². The summed E-state index contributed by atoms with van der Waals surface area (Å²) in [6, 6.07) is 6.13. The molecule has 2 N–H and O–H groups in total. The second-order valence-electron chi connectivity index (χ2n) is 5.93. The number of hydrogen-bond donors (Lipinski definition) is 2. The third-order valence-electron chi connectivity index (χ3n) is 3.21. The molecule has 1 unspecified atom stereocenters. The molecule has 1 atom stereocenters. The monoisotopic (exact) mass is 325 g/mol. The molecule has 23 heavy (non-hydrogen) atoms. The molecule has 0 aromatic heterocycles. The smallest absolute Gasteiger partial charge is 0.191 e. The SMILES string of the molecule is CCNC(=NCC(C)(C)OC)NCC(C)Oc1cccc(F)c1. The molecule has 0 heterocycles. The highest BCUT2D eigenvalue weighted by Crippen LogP contribution is 2.13. The first-order valence-corrected chi connectivity index (χ1v) is 7.86. The summed E-state index contributed by atoms with van der Waals surface area (Å²) in [5, 5.41) is 6.39. The summed E-state index contributed by atoms with van der Waals surface area (Å²) >= 11 is 0. The van der Waals surface area contributed by atoms with Crippen LogP contribution in [-0.4, -0.2) is 44.4 Å². The number of rotatable bonds is 8. The van der Waals surface area contributed by atoms with Gasteiger partial charge in [0.1, 0.15) is 17.7 Å². The van der Waals surface area contributed by atoms with E-state index in [0.717, 1.165) is 6.54 Å². The molecule has 0 amide bonds. The predicted octanol–water partition coefficient (Wildman–Crippen LogP) is 2.57. The topological polar surface area (TPSA) is 54.9 Å². The molecule has 0 aliphatic rings. The molecule has 1 aromatic rings. The number of nitrogens with zero attached hydrogens (tertiary/aromatic N) is 1. The number of ether oxygens (including phenoxy) is 2. The normalized spacial score (nSPS) is 13.6. The van der Waals surface area contributed by atoms with Crippen molar-refractivity contribution in [1.82, 2.24) is 10.6 Å². The lowest BCUT2D eigenvalue weighted by atomic mass is 10.1. The van der Waals surface area contributed by atoms with Gasteiger partial charge in [-0.05, 0) is 39.8 Å². The first-order chi connectivity index (χ1) is 10.9. The zero-order chi connectivity index (χ0) is 17.3. The van der Waals surface area contributed by atoms with Gasteiger partial charge in [0.15, 0.2) is 5.96 Å². The van der Waals surface area contributed by atoms with Gasteiger partial charge < -0.3 is 20.1 Å². The Hall–Kier alpha value is -1.82. The molecular formula is C17H28FN3O2. The maximum absolute atomic E-state index is 13.1. The molecule has 0 bridgehead atoms. The van der Waals surface area contributed by atoms with Crippen LogP contribution in [0.5, 0.6) is 5.75 Å². The van der Waals surface area contributed by atoms with E-state index in [4.69, 9.17) is 9.47 Å². The van der Waals surface area contributed by atoms with Crippen molar-refractivity contribution in [2.24, 2.45) is 4.99 Å². The minimum absolute atomic E-state index is 0.129. The Balaban J connectivity index is 2.52. The van der Waals surface area contributed by atoms with Crippen LogP contribution in [0.3, 0.4) is 0 Å². The van der Waals surface area contributed by atoms with Gasteiger partial charge in [0.2, 0.25) is 0 Å². The first-order valence-electron chi connectivity index (χ1n) is 7.86. The van der Waals surface area contributed by atoms with Crippen molar-refractivity contribution in [3.05, 3.63) is 30.1 Å². The summed E-state index contributed by atoms with van der Waals surface area (Å²) < 4.78 is 24.2. The van der Waals surface area contributed by atoms with Gasteiger partial charge in [-0.1, -0.05) is 6.07 Å². The van der Waals surface area contributed by atoms with Crippen molar-refractivity contribution < 1.29 is 13.9 Å². The van der Waals surface area contributed by atoms with Gasteiger partial charge in [-0.15, -0.1) is 0 Å². The second kappa shape index (κ2) is 9.35. The Morgan fingerprint density at radius 3 is 2.70 bits per heavy atom. The molecule has 0 fully saturated rings. The lowest BCUT2D eigenvalue weighted by Gasteiger charge is -2.22. The first kappa shape index (κ1) is 19.2. The number of guanidine groups is 1. The van der Waals surface area contributed by atoms with Crippen molar-refractivity contribution in [3.8, 4) is 5.75 Å². The van der Waals surface area contributed by atoms with E-state index in [9.17, 15) is 4.39 Å². The summed E-state index contributed by atoms with van der Waals surface area (Å²) in [4.78, 5) is 4.50. The molecule has 1 rings (SSSR count). The maximum atomic E-state index is 13.1. The summed E-state index contributed by atoms with van der Waals surface area (Å²) in [6.07, 6.45) is -0.129. The molecule has 5 nitrogen and oxygen atoms in total. The van der Waals surface area contributed by atoms with E-state index in [2.05, 4.69) is 15.6 Å². The van der Waals surface area contributed by atoms with Crippen LogP contribution in [-0.2, 0) is 4.74 Å². The highest BCUT2D eigenvalue weighted by Gasteiger charge is 2.16. The molecule has 0 radical (unpaired) electrons. The number of benzene rings is 1. The standard InChI is InChI=1S/C17H28FN3O2/c1-6-19-16(21-12-17(3,4)22-5)20-11-13(2)23-15-9-7-8-14(18)10-15/h7-10,13H,6,11-12H2,1-5H3,(H2,19,20,21). The number of methoxy groups -OCH3 is 1. The Morgan fingerprint density at radius 2 is 2.09 bits per heavy atom. The van der Waals surface area contributed by atoms with Crippen molar-refractivity contribution in [2.45, 2.75) is 39.4 Å². The molecule has 6 heteroatoms. The summed E-state index contributed by atoms with van der Waals surface area (Å²) in [7, 11) is 1.67. The van der Waals surface area contributed by atoms with E-state index in [0.29, 0.717) is 24.8 Å². The summed E-state index contributed by atoms with van der Waals surface area (Å²) in [5.41, 5.74) is -0.313. The Kier molecular flexibility index (Phi) is 7.81. The fourth-order valence-corrected chi connectivity index (χ4v) is 1.73. The van der Waals surface area contributed by atoms with Crippen LogP contribution in [0.4, 0.5) is 4.39 Å². The van der Waals surface area contributed by atoms with E-state index >= 15 is 0 Å². The molecule has 0 aliphatic heterocycles. The molecule has 0 saturated heterocycles. The number of nitrogens with one attached hydrogen (secondary N) is 2. The van der Waals surface area contributed by atoms with E-state index in [1.54, 1.807) is 19.2 Å². The van der Waals surface area contributed by atoms with Crippen molar-refractivity contribution in [1.29, 1.82) is 0 Å². The Morgan fingerprint density at radius 1 is 1.35 bits per heavy atom. The third kappa shape index (κ3) is 7.83. The lowest BCUT2D eigenvalue weighted by molar-refractivity contribution is 0.0310. The minimum Gasteiger partial charge on any atom is -0.489 e. The van der Waals surface area contributed by atoms with Gasteiger partial charge >= 0.3 is 0 Å². The van der Waals surface area contributed by atoms with Crippen LogP contribution in [0.15, 0.2) is 29.3 Å². The highest BCUT2D eigenvalue weighted by atomic mass is 19.1. The zero-order valence-corrected chi connectivity index (χ0v) is 14.6. The predicted molar refractivity (Wildman–Crippen MR) is 91.6 cm³/mol. The molecular weight excluding hydrogens is 297 g/mol. The molecule has 0 aliphatic carbocycles. The fraction of sp³-hybridized carbons (Fsp3) is 0.588. The number of halogens is 1. The Labute approximate surface area is 138 Å². The average molecular weight is 325 g/mol. The fourth-order valence-electron chi connectivity index (χ4n) is 1.73. The third-order valence-corrected chi connectivity index (χ3v) is 3.21. The Bertz CT molecular complexity index is 506. The average Bonchev–Trinajstić information content (AvgIpc) is 2.50. The largest absolute Gasteiger partial charge is 0.489 e. The molecule has 0 spiro atoms. The maximum Gasteiger partial charge on any atom is 0.191 e. The molecule has 130 valence electrons. The highest BCUT2D eigenvalue weighted by molar-refractivity contribution is 5.79. The van der Waals surface area contributed by atoms with Crippen molar-refractivity contribution in [3.63, 3.8) is 0 Å². The van der Waals surface area contributed by atoms with Crippen LogP contribution >= 0.6 is 0 Å². The van der Waals surface area contributed by atoms with Crippen LogP contribution < -0.4 is 15.4 Å². The summed E-state index contributed by atoms with van der Waals surface area (Å²) in [5.74, 6) is 0.911. The lowest BCUT2D eigenvalue weighted by Crippen LogP contribution is -2.42. The number of hydrogen-bond acceptors (Lipinski definition) is 3. The van der Waals surface area contributed by atoms with Gasteiger partial charge in [-0.3, -0.25) is 4.99 Å². The van der Waals surface area contributed by atoms with Gasteiger partial charge in [-0.2, -0.15) is 0 Å².